The summed E-state index contributed by atoms with van der Waals surface area (Å²) in [5.74, 6) is -1.29. The molecule has 0 saturated carbocycles. The number of nitrogens with one attached hydrogen (secondary N) is 1. The maximum atomic E-state index is 12.2. The molecule has 1 amide bonds. The van der Waals surface area contributed by atoms with Crippen LogP contribution in [-0.4, -0.2) is 29.1 Å². The Balaban J connectivity index is 0.00000338. The summed E-state index contributed by atoms with van der Waals surface area (Å²) < 4.78 is 4.56. The number of ether oxygens (including phenoxy) is 1. The fourth-order valence-electron chi connectivity index (χ4n) is 2.37. The van der Waals surface area contributed by atoms with Crippen LogP contribution in [-0.2, 0) is 11.2 Å². The van der Waals surface area contributed by atoms with Gasteiger partial charge in [-0.1, -0.05) is 25.8 Å². The Morgan fingerprint density at radius 1 is 1.19 bits per heavy atom. The molecule has 0 aliphatic rings. The Labute approximate surface area is 159 Å². The quantitative estimate of drug-likeness (QED) is 0.562. The van der Waals surface area contributed by atoms with Crippen molar-refractivity contribution in [1.29, 1.82) is 0 Å². The predicted octanol–water partition coefficient (Wildman–Crippen LogP) is 3.98. The van der Waals surface area contributed by atoms with Crippen molar-refractivity contribution in [3.63, 3.8) is 0 Å². The number of pyridine rings is 1. The van der Waals surface area contributed by atoms with E-state index in [4.69, 9.17) is 0 Å². The molecule has 0 bridgehead atoms. The first-order valence-corrected chi connectivity index (χ1v) is 8.22. The molecule has 0 aliphatic carbocycles. The summed E-state index contributed by atoms with van der Waals surface area (Å²) >= 11 is 0. The Hall–Kier alpha value is -2.60. The minimum Gasteiger partial charge on any atom is -0.507 e. The van der Waals surface area contributed by atoms with Crippen molar-refractivity contribution in [3.05, 3.63) is 53.3 Å². The number of phenols is 1. The molecule has 140 valence electrons. The van der Waals surface area contributed by atoms with E-state index in [9.17, 15) is 14.7 Å². The zero-order valence-electron chi connectivity index (χ0n) is 14.8. The number of amides is 1. The summed E-state index contributed by atoms with van der Waals surface area (Å²) in [4.78, 5) is 27.8. The lowest BCUT2D eigenvalue weighted by Crippen LogP contribution is -2.14. The van der Waals surface area contributed by atoms with Crippen molar-refractivity contribution in [2.75, 3.05) is 12.4 Å². The maximum Gasteiger partial charge on any atom is 0.341 e. The van der Waals surface area contributed by atoms with Gasteiger partial charge in [0.15, 0.2) is 0 Å². The molecule has 0 spiro atoms. The largest absolute Gasteiger partial charge is 0.507 e. The summed E-state index contributed by atoms with van der Waals surface area (Å²) in [7, 11) is 1.23. The molecule has 0 saturated heterocycles. The van der Waals surface area contributed by atoms with Gasteiger partial charge >= 0.3 is 5.97 Å². The summed E-state index contributed by atoms with van der Waals surface area (Å²) in [6.07, 6.45) is 6.10. The van der Waals surface area contributed by atoms with Gasteiger partial charge in [0.2, 0.25) is 0 Å². The number of methoxy groups -OCH3 is 1. The summed E-state index contributed by atoms with van der Waals surface area (Å²) in [5.41, 5.74) is 1.79. The number of aromatic nitrogens is 1. The van der Waals surface area contributed by atoms with E-state index in [1.807, 2.05) is 6.07 Å². The first kappa shape index (κ1) is 21.4. The molecule has 0 unspecified atom stereocenters. The molecule has 0 fully saturated rings. The number of aromatic hydroxyl groups is 1. The summed E-state index contributed by atoms with van der Waals surface area (Å²) in [6.45, 7) is 2.15. The van der Waals surface area contributed by atoms with Gasteiger partial charge in [-0.05, 0) is 36.6 Å². The second-order valence-electron chi connectivity index (χ2n) is 5.69. The number of carbonyl (C=O) groups is 2. The normalized spacial score (nSPS) is 9.92. The predicted molar refractivity (Wildman–Crippen MR) is 102 cm³/mol. The lowest BCUT2D eigenvalue weighted by molar-refractivity contribution is 0.0597. The van der Waals surface area contributed by atoms with Gasteiger partial charge in [0, 0.05) is 18.0 Å². The second kappa shape index (κ2) is 10.4. The molecule has 1 aromatic heterocycles. The first-order chi connectivity index (χ1) is 12.0. The van der Waals surface area contributed by atoms with E-state index < -0.39 is 5.97 Å². The number of nitrogens with zero attached hydrogens (tertiary/aromatic N) is 1. The number of benzene rings is 1. The van der Waals surface area contributed by atoms with Crippen molar-refractivity contribution in [2.24, 2.45) is 0 Å². The number of unbranched alkanes of at least 4 members (excludes halogenated alkanes) is 2. The molecule has 1 heterocycles. The third-order valence-electron chi connectivity index (χ3n) is 3.79. The highest BCUT2D eigenvalue weighted by molar-refractivity contribution is 6.03. The number of esters is 1. The van der Waals surface area contributed by atoms with Crippen LogP contribution in [0.25, 0.3) is 0 Å². The van der Waals surface area contributed by atoms with Gasteiger partial charge in [0.25, 0.3) is 5.91 Å². The van der Waals surface area contributed by atoms with Crippen LogP contribution >= 0.6 is 12.4 Å². The Morgan fingerprint density at radius 3 is 2.54 bits per heavy atom. The number of halogens is 1. The maximum absolute atomic E-state index is 12.2. The summed E-state index contributed by atoms with van der Waals surface area (Å²) in [5, 5.41) is 12.5. The van der Waals surface area contributed by atoms with Crippen molar-refractivity contribution in [1.82, 2.24) is 4.98 Å². The number of rotatable bonds is 7. The van der Waals surface area contributed by atoms with Crippen molar-refractivity contribution in [3.8, 4) is 5.75 Å². The van der Waals surface area contributed by atoms with Crippen LogP contribution in [0.5, 0.6) is 5.75 Å². The van der Waals surface area contributed by atoms with Gasteiger partial charge in [0.05, 0.1) is 7.11 Å². The minimum atomic E-state index is -0.643. The van der Waals surface area contributed by atoms with Gasteiger partial charge < -0.3 is 15.2 Å². The number of aryl methyl sites for hydroxylation is 1. The van der Waals surface area contributed by atoms with Gasteiger partial charge in [-0.15, -0.1) is 12.4 Å². The summed E-state index contributed by atoms with van der Waals surface area (Å²) in [6, 6.07) is 7.78. The smallest absolute Gasteiger partial charge is 0.341 e. The number of phenolic OH excluding ortho intramolecular Hbond substituents is 1. The van der Waals surface area contributed by atoms with Crippen LogP contribution in [0.3, 0.4) is 0 Å². The van der Waals surface area contributed by atoms with E-state index in [1.165, 1.54) is 31.7 Å². The molecule has 0 radical (unpaired) electrons. The van der Waals surface area contributed by atoms with Crippen LogP contribution in [0, 0.1) is 0 Å². The Morgan fingerprint density at radius 2 is 1.96 bits per heavy atom. The molecular formula is C19H23ClN2O4. The Kier molecular flexibility index (Phi) is 8.58. The molecule has 0 aliphatic heterocycles. The molecule has 0 atom stereocenters. The number of hydrogen-bond donors (Lipinski definition) is 2. The third kappa shape index (κ3) is 5.74. The standard InChI is InChI=1S/C19H22N2O4.ClH/c1-3-4-5-6-13-7-10-16(20-12-13)18(23)21-14-8-9-15(17(22)11-14)19(24)25-2;/h7-12,22H,3-6H2,1-2H3,(H,21,23);1H. The molecule has 2 N–H and O–H groups in total. The fourth-order valence-corrected chi connectivity index (χ4v) is 2.37. The number of carbonyl (C=O) groups excluding carboxylic acids is 2. The second-order valence-corrected chi connectivity index (χ2v) is 5.69. The van der Waals surface area contributed by atoms with Crippen molar-refractivity contribution >= 4 is 30.0 Å². The molecule has 1 aromatic carbocycles. The molecule has 6 nitrogen and oxygen atoms in total. The lowest BCUT2D eigenvalue weighted by Gasteiger charge is -2.08. The molecule has 7 heteroatoms. The monoisotopic (exact) mass is 378 g/mol. The van der Waals surface area contributed by atoms with E-state index >= 15 is 0 Å². The van der Waals surface area contributed by atoms with E-state index in [0.717, 1.165) is 24.8 Å². The van der Waals surface area contributed by atoms with E-state index in [1.54, 1.807) is 12.3 Å². The Bertz CT molecular complexity index is 748. The number of anilines is 1. The van der Waals surface area contributed by atoms with Crippen LogP contribution in [0.2, 0.25) is 0 Å². The van der Waals surface area contributed by atoms with Crippen LogP contribution in [0.15, 0.2) is 36.5 Å². The highest BCUT2D eigenvalue weighted by atomic mass is 35.5. The van der Waals surface area contributed by atoms with E-state index in [-0.39, 0.29) is 35.3 Å². The molecule has 26 heavy (non-hydrogen) atoms. The van der Waals surface area contributed by atoms with Crippen LogP contribution < -0.4 is 5.32 Å². The topological polar surface area (TPSA) is 88.5 Å². The van der Waals surface area contributed by atoms with Gasteiger partial charge in [-0.3, -0.25) is 9.78 Å². The molecule has 2 aromatic rings. The lowest BCUT2D eigenvalue weighted by atomic mass is 10.1. The van der Waals surface area contributed by atoms with Crippen molar-refractivity contribution < 1.29 is 19.4 Å². The van der Waals surface area contributed by atoms with Gasteiger partial charge in [-0.2, -0.15) is 0 Å². The fraction of sp³-hybridized carbons (Fsp3) is 0.316. The highest BCUT2D eigenvalue weighted by Crippen LogP contribution is 2.23. The molecular weight excluding hydrogens is 356 g/mol. The first-order valence-electron chi connectivity index (χ1n) is 8.22. The van der Waals surface area contributed by atoms with E-state index in [0.29, 0.717) is 5.69 Å². The highest BCUT2D eigenvalue weighted by Gasteiger charge is 2.13. The zero-order chi connectivity index (χ0) is 18.2. The van der Waals surface area contributed by atoms with Crippen LogP contribution in [0.1, 0.15) is 52.6 Å². The van der Waals surface area contributed by atoms with Crippen molar-refractivity contribution in [2.45, 2.75) is 32.6 Å². The third-order valence-corrected chi connectivity index (χ3v) is 3.79. The van der Waals surface area contributed by atoms with Gasteiger partial charge in [-0.25, -0.2) is 4.79 Å². The van der Waals surface area contributed by atoms with Crippen LogP contribution in [0.4, 0.5) is 5.69 Å². The minimum absolute atomic E-state index is 0. The zero-order valence-corrected chi connectivity index (χ0v) is 15.6. The SMILES string of the molecule is CCCCCc1ccc(C(=O)Nc2ccc(C(=O)OC)c(O)c2)nc1.Cl. The average Bonchev–Trinajstić information content (AvgIpc) is 2.62. The molecule has 2 rings (SSSR count). The number of hydrogen-bond acceptors (Lipinski definition) is 5. The van der Waals surface area contributed by atoms with Gasteiger partial charge in [0.1, 0.15) is 17.0 Å². The average molecular weight is 379 g/mol. The van der Waals surface area contributed by atoms with E-state index in [2.05, 4.69) is 22.0 Å².